The molecule has 2 rings (SSSR count). The average molecular weight is 386 g/mol. The lowest BCUT2D eigenvalue weighted by Gasteiger charge is -2.29. The van der Waals surface area contributed by atoms with Crippen molar-refractivity contribution in [2.24, 2.45) is 0 Å². The largest absolute Gasteiger partial charge is 0.480 e. The summed E-state index contributed by atoms with van der Waals surface area (Å²) in [5.74, 6) is -1.94. The highest BCUT2D eigenvalue weighted by molar-refractivity contribution is 6.10. The van der Waals surface area contributed by atoms with Gasteiger partial charge in [-0.3, -0.25) is 14.9 Å². The normalized spacial score (nSPS) is 27.5. The molecule has 2 saturated heterocycles. The number of likely N-dealkylation sites (tertiary alicyclic amines) is 1. The number of rotatable bonds is 10. The molecule has 9 heteroatoms. The number of nitrogens with one attached hydrogen (secondary N) is 1. The number of aliphatic carboxylic acids is 1. The summed E-state index contributed by atoms with van der Waals surface area (Å²) in [6, 6.07) is -0.201. The average Bonchev–Trinajstić information content (AvgIpc) is 3.34. The first-order valence-corrected chi connectivity index (χ1v) is 9.41. The minimum Gasteiger partial charge on any atom is -0.480 e. The van der Waals surface area contributed by atoms with E-state index in [-0.39, 0.29) is 37.8 Å². The lowest BCUT2D eigenvalue weighted by Crippen LogP contribution is -2.58. The number of aliphatic hydroxyl groups is 1. The highest BCUT2D eigenvalue weighted by Crippen LogP contribution is 2.26. The number of carboxylic acids is 1. The van der Waals surface area contributed by atoms with E-state index in [9.17, 15) is 24.6 Å². The van der Waals surface area contributed by atoms with E-state index in [2.05, 4.69) is 5.32 Å². The molecule has 0 aromatic rings. The molecule has 1 unspecified atom stereocenters. The van der Waals surface area contributed by atoms with Gasteiger partial charge in [0.2, 0.25) is 0 Å². The van der Waals surface area contributed by atoms with Crippen molar-refractivity contribution in [1.82, 2.24) is 10.2 Å². The summed E-state index contributed by atoms with van der Waals surface area (Å²) in [6.45, 7) is 0.946. The Kier molecular flexibility index (Phi) is 7.72. The van der Waals surface area contributed by atoms with Crippen molar-refractivity contribution in [2.75, 3.05) is 33.9 Å². The van der Waals surface area contributed by atoms with Gasteiger partial charge in [-0.1, -0.05) is 0 Å². The van der Waals surface area contributed by atoms with Crippen LogP contribution in [0.15, 0.2) is 0 Å². The molecule has 9 nitrogen and oxygen atoms in total. The summed E-state index contributed by atoms with van der Waals surface area (Å²) in [5, 5.41) is 21.8. The van der Waals surface area contributed by atoms with Crippen LogP contribution < -0.4 is 5.32 Å². The lowest BCUT2D eigenvalue weighted by molar-refractivity contribution is -0.154. The van der Waals surface area contributed by atoms with Gasteiger partial charge in [0.25, 0.3) is 5.91 Å². The Labute approximate surface area is 159 Å². The third-order valence-corrected chi connectivity index (χ3v) is 5.64. The van der Waals surface area contributed by atoms with Crippen LogP contribution in [0.1, 0.15) is 38.5 Å². The van der Waals surface area contributed by atoms with E-state index < -0.39 is 29.5 Å². The maximum absolute atomic E-state index is 12.8. The molecule has 2 aliphatic heterocycles. The third kappa shape index (κ3) is 4.48. The van der Waals surface area contributed by atoms with E-state index in [1.54, 1.807) is 4.90 Å². The van der Waals surface area contributed by atoms with Gasteiger partial charge >= 0.3 is 5.97 Å². The summed E-state index contributed by atoms with van der Waals surface area (Å²) < 4.78 is 10.6. The van der Waals surface area contributed by atoms with Crippen molar-refractivity contribution in [1.29, 1.82) is 0 Å². The molecule has 27 heavy (non-hydrogen) atoms. The van der Waals surface area contributed by atoms with E-state index in [0.29, 0.717) is 19.5 Å². The minimum atomic E-state index is -1.62. The van der Waals surface area contributed by atoms with E-state index in [1.165, 1.54) is 14.2 Å². The van der Waals surface area contributed by atoms with Crippen LogP contribution in [-0.4, -0.2) is 90.5 Å². The number of amides is 1. The molecule has 4 atom stereocenters. The van der Waals surface area contributed by atoms with Crippen LogP contribution in [0.2, 0.25) is 0 Å². The van der Waals surface area contributed by atoms with Crippen LogP contribution in [0.25, 0.3) is 0 Å². The zero-order chi connectivity index (χ0) is 20.0. The number of carboxylic acid groups (broad SMARTS) is 1. The molecule has 3 N–H and O–H groups in total. The Hall–Kier alpha value is -1.55. The quantitative estimate of drug-likeness (QED) is 0.431. The Morgan fingerprint density at radius 3 is 2.37 bits per heavy atom. The Morgan fingerprint density at radius 2 is 1.85 bits per heavy atom. The SMILES string of the molecule is CO[C@H](CC[C@@H](OC)C(=O)C1(C(=O)O)CCCN1)C(=O)N1CCC[C@@H]1CO. The maximum Gasteiger partial charge on any atom is 0.331 e. The summed E-state index contributed by atoms with van der Waals surface area (Å²) >= 11 is 0. The predicted octanol–water partition coefficient (Wildman–Crippen LogP) is -0.444. The number of aliphatic hydroxyl groups excluding tert-OH is 1. The zero-order valence-corrected chi connectivity index (χ0v) is 16.0. The number of carbonyl (C=O) groups is 3. The lowest BCUT2D eigenvalue weighted by atomic mass is 9.87. The standard InChI is InChI=1S/C18H30N2O7/c1-26-13(15(22)18(17(24)25)8-4-9-19-18)6-7-14(27-2)16(23)20-10-3-5-12(20)11-21/h12-14,19,21H,3-11H2,1-2H3,(H,24,25)/t12-,13-,14-,18?/m1/s1. The molecular weight excluding hydrogens is 356 g/mol. The van der Waals surface area contributed by atoms with E-state index >= 15 is 0 Å². The smallest absolute Gasteiger partial charge is 0.331 e. The van der Waals surface area contributed by atoms with Crippen molar-refractivity contribution in [3.63, 3.8) is 0 Å². The second kappa shape index (κ2) is 9.59. The number of carbonyl (C=O) groups excluding carboxylic acids is 2. The van der Waals surface area contributed by atoms with Crippen LogP contribution in [0.4, 0.5) is 0 Å². The monoisotopic (exact) mass is 386 g/mol. The van der Waals surface area contributed by atoms with E-state index in [4.69, 9.17) is 9.47 Å². The number of nitrogens with zero attached hydrogens (tertiary/aromatic N) is 1. The summed E-state index contributed by atoms with van der Waals surface area (Å²) in [4.78, 5) is 38.8. The molecule has 2 aliphatic rings. The molecule has 0 spiro atoms. The van der Waals surface area contributed by atoms with Gasteiger partial charge in [0.1, 0.15) is 12.2 Å². The number of methoxy groups -OCH3 is 2. The predicted molar refractivity (Wildman–Crippen MR) is 95.3 cm³/mol. The highest BCUT2D eigenvalue weighted by Gasteiger charge is 2.50. The van der Waals surface area contributed by atoms with Crippen molar-refractivity contribution in [3.05, 3.63) is 0 Å². The number of hydrogen-bond acceptors (Lipinski definition) is 7. The van der Waals surface area contributed by atoms with Gasteiger partial charge < -0.3 is 24.6 Å². The summed E-state index contributed by atoms with van der Waals surface area (Å²) in [7, 11) is 2.78. The molecule has 0 radical (unpaired) electrons. The summed E-state index contributed by atoms with van der Waals surface area (Å²) in [6.07, 6.45) is 1.11. The van der Waals surface area contributed by atoms with Crippen LogP contribution >= 0.6 is 0 Å². The minimum absolute atomic E-state index is 0.0891. The Morgan fingerprint density at radius 1 is 1.19 bits per heavy atom. The molecule has 0 saturated carbocycles. The molecule has 1 amide bonds. The molecule has 0 aliphatic carbocycles. The second-order valence-corrected chi connectivity index (χ2v) is 7.14. The van der Waals surface area contributed by atoms with Crippen molar-refractivity contribution in [2.45, 2.75) is 62.3 Å². The first-order chi connectivity index (χ1) is 12.9. The molecule has 0 aromatic carbocycles. The molecule has 2 fully saturated rings. The molecule has 2 heterocycles. The number of Topliss-reactive ketones (excluding diaryl/α,β-unsaturated/α-hetero) is 1. The van der Waals surface area contributed by atoms with Crippen LogP contribution in [0.3, 0.4) is 0 Å². The molecule has 0 bridgehead atoms. The van der Waals surface area contributed by atoms with Gasteiger partial charge in [-0.2, -0.15) is 0 Å². The van der Waals surface area contributed by atoms with Crippen LogP contribution in [-0.2, 0) is 23.9 Å². The van der Waals surface area contributed by atoms with Gasteiger partial charge in [0.05, 0.1) is 12.6 Å². The van der Waals surface area contributed by atoms with Crippen molar-refractivity contribution >= 4 is 17.7 Å². The van der Waals surface area contributed by atoms with Gasteiger partial charge in [0.15, 0.2) is 11.3 Å². The maximum atomic E-state index is 12.8. The fraction of sp³-hybridized carbons (Fsp3) is 0.833. The number of ketones is 1. The van der Waals surface area contributed by atoms with Gasteiger partial charge in [-0.15, -0.1) is 0 Å². The first kappa shape index (κ1) is 21.7. The fourth-order valence-corrected chi connectivity index (χ4v) is 4.02. The summed E-state index contributed by atoms with van der Waals surface area (Å²) in [5.41, 5.74) is -1.62. The van der Waals surface area contributed by atoms with Crippen LogP contribution in [0, 0.1) is 0 Å². The molecular formula is C18H30N2O7. The molecule has 0 aromatic heterocycles. The second-order valence-electron chi connectivity index (χ2n) is 7.14. The van der Waals surface area contributed by atoms with E-state index in [1.807, 2.05) is 0 Å². The zero-order valence-electron chi connectivity index (χ0n) is 16.0. The van der Waals surface area contributed by atoms with Crippen molar-refractivity contribution in [3.8, 4) is 0 Å². The van der Waals surface area contributed by atoms with Gasteiger partial charge in [-0.05, 0) is 45.1 Å². The fourth-order valence-electron chi connectivity index (χ4n) is 4.02. The van der Waals surface area contributed by atoms with Gasteiger partial charge in [-0.25, -0.2) is 4.79 Å². The van der Waals surface area contributed by atoms with Crippen molar-refractivity contribution < 1.29 is 34.1 Å². The Balaban J connectivity index is 2.01. The number of hydrogen-bond donors (Lipinski definition) is 3. The van der Waals surface area contributed by atoms with E-state index in [0.717, 1.165) is 12.8 Å². The van der Waals surface area contributed by atoms with Gasteiger partial charge in [0, 0.05) is 20.8 Å². The van der Waals surface area contributed by atoms with Crippen LogP contribution in [0.5, 0.6) is 0 Å². The first-order valence-electron chi connectivity index (χ1n) is 9.41. The Bertz CT molecular complexity index is 548. The highest BCUT2D eigenvalue weighted by atomic mass is 16.5. The molecule has 154 valence electrons. The topological polar surface area (TPSA) is 125 Å². The third-order valence-electron chi connectivity index (χ3n) is 5.64. The number of ether oxygens (including phenoxy) is 2.